The Morgan fingerprint density at radius 1 is 1.67 bits per heavy atom. The molecule has 1 N–H and O–H groups in total. The second-order valence-electron chi connectivity index (χ2n) is 3.00. The molecule has 0 fully saturated rings. The first-order chi connectivity index (χ1) is 7.08. The fraction of sp³-hybridized carbons (Fsp3) is 0.111. The van der Waals surface area contributed by atoms with Gasteiger partial charge in [-0.2, -0.15) is 5.10 Å². The Hall–Kier alpha value is -1.14. The van der Waals surface area contributed by atoms with Gasteiger partial charge in [-0.15, -0.1) is 11.3 Å². The first-order valence-corrected chi connectivity index (χ1v) is 5.76. The molecule has 0 saturated heterocycles. The molecule has 0 spiro atoms. The van der Waals surface area contributed by atoms with Gasteiger partial charge in [-0.1, -0.05) is 0 Å². The molecule has 0 aliphatic heterocycles. The van der Waals surface area contributed by atoms with Gasteiger partial charge in [-0.05, 0) is 22.0 Å². The van der Waals surface area contributed by atoms with Crippen molar-refractivity contribution in [2.75, 3.05) is 0 Å². The lowest BCUT2D eigenvalue weighted by Gasteiger charge is -1.92. The van der Waals surface area contributed by atoms with Crippen LogP contribution in [0.5, 0.6) is 0 Å². The highest BCUT2D eigenvalue weighted by Gasteiger charge is 2.17. The van der Waals surface area contributed by atoms with Crippen LogP contribution >= 0.6 is 27.3 Å². The monoisotopic (exact) mass is 286 g/mol. The first kappa shape index (κ1) is 10.4. The summed E-state index contributed by atoms with van der Waals surface area (Å²) < 4.78 is 2.44. The average Bonchev–Trinajstić information content (AvgIpc) is 2.71. The molecule has 2 aromatic rings. The number of carboxylic acids is 1. The maximum Gasteiger partial charge on any atom is 0.339 e. The van der Waals surface area contributed by atoms with Gasteiger partial charge in [0.05, 0.1) is 4.88 Å². The molecule has 4 nitrogen and oxygen atoms in total. The van der Waals surface area contributed by atoms with Crippen molar-refractivity contribution in [1.82, 2.24) is 9.78 Å². The topological polar surface area (TPSA) is 55.1 Å². The van der Waals surface area contributed by atoms with Gasteiger partial charge in [-0.3, -0.25) is 4.68 Å². The molecule has 0 atom stereocenters. The summed E-state index contributed by atoms with van der Waals surface area (Å²) in [6, 6.07) is 1.86. The van der Waals surface area contributed by atoms with E-state index < -0.39 is 5.97 Å². The summed E-state index contributed by atoms with van der Waals surface area (Å²) in [6.07, 6.45) is 1.51. The molecule has 0 aliphatic rings. The van der Waals surface area contributed by atoms with E-state index in [1.165, 1.54) is 22.2 Å². The SMILES string of the molecule is Cn1cc(C(=O)O)c(-c2cc(Br)cs2)n1. The number of aryl methyl sites for hydroxylation is 1. The number of carboxylic acid groups (broad SMARTS) is 1. The molecule has 6 heteroatoms. The molecule has 0 bridgehead atoms. The summed E-state index contributed by atoms with van der Waals surface area (Å²) in [6.45, 7) is 0. The summed E-state index contributed by atoms with van der Waals surface area (Å²) in [5, 5.41) is 15.0. The zero-order valence-corrected chi connectivity index (χ0v) is 10.2. The van der Waals surface area contributed by atoms with E-state index in [-0.39, 0.29) is 5.56 Å². The second-order valence-corrected chi connectivity index (χ2v) is 4.83. The van der Waals surface area contributed by atoms with Gasteiger partial charge >= 0.3 is 5.97 Å². The number of nitrogens with zero attached hydrogens (tertiary/aromatic N) is 2. The quantitative estimate of drug-likeness (QED) is 0.923. The molecular weight excluding hydrogens is 280 g/mol. The Bertz CT molecular complexity index is 518. The summed E-state index contributed by atoms with van der Waals surface area (Å²) in [5.74, 6) is -0.956. The second kappa shape index (κ2) is 3.79. The maximum absolute atomic E-state index is 11.0. The van der Waals surface area contributed by atoms with E-state index in [0.29, 0.717) is 5.69 Å². The minimum Gasteiger partial charge on any atom is -0.478 e. The van der Waals surface area contributed by atoms with Crippen LogP contribution in [0.3, 0.4) is 0 Å². The third-order valence-electron chi connectivity index (χ3n) is 1.86. The molecule has 2 heterocycles. The molecule has 78 valence electrons. The predicted octanol–water partition coefficient (Wildman–Crippen LogP) is 2.61. The van der Waals surface area contributed by atoms with Crippen LogP contribution in [0.15, 0.2) is 22.1 Å². The highest BCUT2D eigenvalue weighted by Crippen LogP contribution is 2.30. The number of hydrogen-bond donors (Lipinski definition) is 1. The molecular formula is C9H7BrN2O2S. The largest absolute Gasteiger partial charge is 0.478 e. The third-order valence-corrected chi connectivity index (χ3v) is 3.56. The smallest absolute Gasteiger partial charge is 0.339 e. The van der Waals surface area contributed by atoms with Crippen LogP contribution in [0, 0.1) is 0 Å². The number of halogens is 1. The van der Waals surface area contributed by atoms with Crippen molar-refractivity contribution in [2.24, 2.45) is 7.05 Å². The summed E-state index contributed by atoms with van der Waals surface area (Å²) in [5.41, 5.74) is 0.743. The van der Waals surface area contributed by atoms with Crippen molar-refractivity contribution in [3.63, 3.8) is 0 Å². The van der Waals surface area contributed by atoms with Crippen LogP contribution in [0.4, 0.5) is 0 Å². The number of hydrogen-bond acceptors (Lipinski definition) is 3. The lowest BCUT2D eigenvalue weighted by atomic mass is 10.2. The number of rotatable bonds is 2. The van der Waals surface area contributed by atoms with Crippen molar-refractivity contribution >= 4 is 33.2 Å². The van der Waals surface area contributed by atoms with Crippen molar-refractivity contribution in [2.45, 2.75) is 0 Å². The Morgan fingerprint density at radius 2 is 2.40 bits per heavy atom. The molecule has 15 heavy (non-hydrogen) atoms. The Balaban J connectivity index is 2.56. The molecule has 0 aromatic carbocycles. The van der Waals surface area contributed by atoms with Crippen LogP contribution in [0.1, 0.15) is 10.4 Å². The molecule has 2 rings (SSSR count). The molecule has 0 radical (unpaired) electrons. The van der Waals surface area contributed by atoms with Crippen molar-refractivity contribution in [1.29, 1.82) is 0 Å². The normalized spacial score (nSPS) is 10.5. The number of aromatic carboxylic acids is 1. The Labute approximate surface area is 98.3 Å². The highest BCUT2D eigenvalue weighted by atomic mass is 79.9. The molecule has 0 amide bonds. The lowest BCUT2D eigenvalue weighted by Crippen LogP contribution is -1.95. The van der Waals surface area contributed by atoms with Crippen molar-refractivity contribution in [3.05, 3.63) is 27.7 Å². The van der Waals surface area contributed by atoms with E-state index >= 15 is 0 Å². The molecule has 0 aliphatic carbocycles. The minimum absolute atomic E-state index is 0.229. The molecule has 2 aromatic heterocycles. The molecule has 0 saturated carbocycles. The van der Waals surface area contributed by atoms with Gasteiger partial charge in [0.25, 0.3) is 0 Å². The van der Waals surface area contributed by atoms with E-state index in [1.807, 2.05) is 11.4 Å². The van der Waals surface area contributed by atoms with Gasteiger partial charge in [0, 0.05) is 23.1 Å². The van der Waals surface area contributed by atoms with E-state index in [2.05, 4.69) is 21.0 Å². The van der Waals surface area contributed by atoms with E-state index in [4.69, 9.17) is 5.11 Å². The van der Waals surface area contributed by atoms with Gasteiger partial charge in [0.2, 0.25) is 0 Å². The number of aromatic nitrogens is 2. The fourth-order valence-electron chi connectivity index (χ4n) is 1.26. The van der Waals surface area contributed by atoms with Gasteiger partial charge < -0.3 is 5.11 Å². The summed E-state index contributed by atoms with van der Waals surface area (Å²) >= 11 is 4.79. The van der Waals surface area contributed by atoms with Crippen LogP contribution in [0.25, 0.3) is 10.6 Å². The number of thiophene rings is 1. The van der Waals surface area contributed by atoms with Gasteiger partial charge in [-0.25, -0.2) is 4.79 Å². The molecule has 0 unspecified atom stereocenters. The van der Waals surface area contributed by atoms with E-state index in [9.17, 15) is 4.79 Å². The zero-order chi connectivity index (χ0) is 11.0. The van der Waals surface area contributed by atoms with Crippen LogP contribution in [0.2, 0.25) is 0 Å². The third kappa shape index (κ3) is 1.95. The zero-order valence-electron chi connectivity index (χ0n) is 7.77. The highest BCUT2D eigenvalue weighted by molar-refractivity contribution is 9.10. The van der Waals surface area contributed by atoms with Crippen LogP contribution < -0.4 is 0 Å². The fourth-order valence-corrected chi connectivity index (χ4v) is 2.69. The Morgan fingerprint density at radius 3 is 2.93 bits per heavy atom. The van der Waals surface area contributed by atoms with E-state index in [0.717, 1.165) is 9.35 Å². The lowest BCUT2D eigenvalue weighted by molar-refractivity contribution is 0.0697. The minimum atomic E-state index is -0.956. The summed E-state index contributed by atoms with van der Waals surface area (Å²) in [4.78, 5) is 11.8. The number of carbonyl (C=O) groups is 1. The Kier molecular flexibility index (Phi) is 2.62. The van der Waals surface area contributed by atoms with Crippen LogP contribution in [-0.4, -0.2) is 20.9 Å². The van der Waals surface area contributed by atoms with Gasteiger partial charge in [0.15, 0.2) is 0 Å². The van der Waals surface area contributed by atoms with Gasteiger partial charge in [0.1, 0.15) is 11.3 Å². The van der Waals surface area contributed by atoms with Crippen molar-refractivity contribution < 1.29 is 9.90 Å². The first-order valence-electron chi connectivity index (χ1n) is 4.09. The standard InChI is InChI=1S/C9H7BrN2O2S/c1-12-3-6(9(13)14)8(11-12)7-2-5(10)4-15-7/h2-4H,1H3,(H,13,14). The maximum atomic E-state index is 11.0. The average molecular weight is 287 g/mol. The van der Waals surface area contributed by atoms with E-state index in [1.54, 1.807) is 7.05 Å². The van der Waals surface area contributed by atoms with Crippen LogP contribution in [-0.2, 0) is 7.05 Å². The summed E-state index contributed by atoms with van der Waals surface area (Å²) in [7, 11) is 1.71. The predicted molar refractivity (Wildman–Crippen MR) is 61.2 cm³/mol. The van der Waals surface area contributed by atoms with Crippen molar-refractivity contribution in [3.8, 4) is 10.6 Å².